The number of nitrogens with one attached hydrogen (secondary N) is 2. The minimum atomic E-state index is -0.968. The van der Waals surface area contributed by atoms with Crippen molar-refractivity contribution < 1.29 is 24.2 Å². The third-order valence-electron chi connectivity index (χ3n) is 7.65. The molecule has 0 spiro atoms. The van der Waals surface area contributed by atoms with E-state index in [0.29, 0.717) is 19.3 Å². The summed E-state index contributed by atoms with van der Waals surface area (Å²) >= 11 is 0. The van der Waals surface area contributed by atoms with Crippen LogP contribution < -0.4 is 10.6 Å². The van der Waals surface area contributed by atoms with Crippen LogP contribution in [0.25, 0.3) is 11.1 Å². The highest BCUT2D eigenvalue weighted by Crippen LogP contribution is 2.44. The molecule has 3 atom stereocenters. The van der Waals surface area contributed by atoms with E-state index in [1.54, 1.807) is 0 Å². The van der Waals surface area contributed by atoms with Crippen LogP contribution in [0, 0.1) is 11.8 Å². The molecule has 7 nitrogen and oxygen atoms in total. The van der Waals surface area contributed by atoms with E-state index in [1.165, 1.54) is 11.1 Å². The minimum absolute atomic E-state index is 0.000267. The van der Waals surface area contributed by atoms with Crippen molar-refractivity contribution in [2.24, 2.45) is 11.8 Å². The van der Waals surface area contributed by atoms with Crippen molar-refractivity contribution >= 4 is 18.0 Å². The van der Waals surface area contributed by atoms with Crippen LogP contribution in [0.3, 0.4) is 0 Å². The molecule has 0 saturated heterocycles. The topological polar surface area (TPSA) is 105 Å². The molecule has 2 saturated carbocycles. The van der Waals surface area contributed by atoms with Gasteiger partial charge in [0.15, 0.2) is 0 Å². The Morgan fingerprint density at radius 2 is 1.59 bits per heavy atom. The summed E-state index contributed by atoms with van der Waals surface area (Å²) in [6.45, 7) is 0.248. The molecule has 1 unspecified atom stereocenters. The lowest BCUT2D eigenvalue weighted by atomic mass is 9.79. The summed E-state index contributed by atoms with van der Waals surface area (Å²) in [7, 11) is 0. The molecule has 0 aliphatic heterocycles. The molecule has 2 fully saturated rings. The van der Waals surface area contributed by atoms with Gasteiger partial charge in [-0.05, 0) is 60.3 Å². The van der Waals surface area contributed by atoms with Crippen molar-refractivity contribution in [2.75, 3.05) is 6.61 Å². The molecule has 2 aromatic rings. The fourth-order valence-electron chi connectivity index (χ4n) is 5.58. The molecular weight excluding hydrogens is 432 g/mol. The van der Waals surface area contributed by atoms with Crippen LogP contribution in [0.4, 0.5) is 4.79 Å². The van der Waals surface area contributed by atoms with Crippen LogP contribution in [0.1, 0.15) is 55.6 Å². The van der Waals surface area contributed by atoms with Crippen LogP contribution in [0.5, 0.6) is 0 Å². The summed E-state index contributed by atoms with van der Waals surface area (Å²) in [6.07, 6.45) is 4.00. The van der Waals surface area contributed by atoms with Crippen LogP contribution in [-0.4, -0.2) is 41.8 Å². The Morgan fingerprint density at radius 3 is 2.18 bits per heavy atom. The van der Waals surface area contributed by atoms with Gasteiger partial charge in [0.25, 0.3) is 0 Å². The first-order chi connectivity index (χ1) is 16.5. The van der Waals surface area contributed by atoms with Gasteiger partial charge in [-0.25, -0.2) is 9.59 Å². The Balaban J connectivity index is 1.13. The van der Waals surface area contributed by atoms with Gasteiger partial charge >= 0.3 is 12.1 Å². The molecule has 7 heteroatoms. The first kappa shape index (κ1) is 22.4. The summed E-state index contributed by atoms with van der Waals surface area (Å²) in [5, 5.41) is 15.1. The lowest BCUT2D eigenvalue weighted by molar-refractivity contribution is -0.145. The van der Waals surface area contributed by atoms with E-state index >= 15 is 0 Å². The largest absolute Gasteiger partial charge is 0.480 e. The van der Waals surface area contributed by atoms with Crippen molar-refractivity contribution in [3.63, 3.8) is 0 Å². The van der Waals surface area contributed by atoms with Crippen LogP contribution in [0.15, 0.2) is 48.5 Å². The van der Waals surface area contributed by atoms with Crippen molar-refractivity contribution in [3.8, 4) is 11.1 Å². The SMILES string of the molecule is O=C(N[C@H]1CC[C@@H](C(=O)NC(C(=O)O)C2CCC2)C1)OCC1c2ccccc2-c2ccccc21. The van der Waals surface area contributed by atoms with Crippen LogP contribution >= 0.6 is 0 Å². The smallest absolute Gasteiger partial charge is 0.407 e. The van der Waals surface area contributed by atoms with Crippen molar-refractivity contribution in [3.05, 3.63) is 59.7 Å². The zero-order valence-electron chi connectivity index (χ0n) is 19.0. The fourth-order valence-corrected chi connectivity index (χ4v) is 5.58. The second-order valence-corrected chi connectivity index (χ2v) is 9.69. The van der Waals surface area contributed by atoms with E-state index in [0.717, 1.165) is 30.4 Å². The maximum atomic E-state index is 12.7. The number of fused-ring (bicyclic) bond motifs is 3. The number of benzene rings is 2. The van der Waals surface area contributed by atoms with E-state index in [-0.39, 0.29) is 36.3 Å². The van der Waals surface area contributed by atoms with Gasteiger partial charge in [-0.3, -0.25) is 4.79 Å². The average molecular weight is 463 g/mol. The lowest BCUT2D eigenvalue weighted by Gasteiger charge is -2.32. The average Bonchev–Trinajstić information content (AvgIpc) is 3.39. The molecule has 0 heterocycles. The van der Waals surface area contributed by atoms with Gasteiger partial charge in [0, 0.05) is 17.9 Å². The van der Waals surface area contributed by atoms with E-state index in [9.17, 15) is 19.5 Å². The predicted octanol–water partition coefficient (Wildman–Crippen LogP) is 4.06. The summed E-state index contributed by atoms with van der Waals surface area (Å²) < 4.78 is 5.62. The minimum Gasteiger partial charge on any atom is -0.480 e. The van der Waals surface area contributed by atoms with E-state index in [1.807, 2.05) is 24.3 Å². The first-order valence-electron chi connectivity index (χ1n) is 12.2. The Kier molecular flexibility index (Phi) is 6.26. The highest BCUT2D eigenvalue weighted by atomic mass is 16.5. The maximum absolute atomic E-state index is 12.7. The number of ether oxygens (including phenoxy) is 1. The second-order valence-electron chi connectivity index (χ2n) is 9.69. The van der Waals surface area contributed by atoms with Gasteiger partial charge in [0.1, 0.15) is 12.6 Å². The zero-order chi connectivity index (χ0) is 23.7. The Bertz CT molecular complexity index is 1050. The molecule has 3 aliphatic rings. The van der Waals surface area contributed by atoms with Gasteiger partial charge < -0.3 is 20.5 Å². The normalized spacial score (nSPS) is 22.2. The van der Waals surface area contributed by atoms with Gasteiger partial charge in [0.2, 0.25) is 5.91 Å². The Morgan fingerprint density at radius 1 is 0.941 bits per heavy atom. The second kappa shape index (κ2) is 9.49. The van der Waals surface area contributed by atoms with E-state index < -0.39 is 18.1 Å². The van der Waals surface area contributed by atoms with Crippen LogP contribution in [-0.2, 0) is 14.3 Å². The first-order valence-corrected chi connectivity index (χ1v) is 12.2. The summed E-state index contributed by atoms with van der Waals surface area (Å²) in [4.78, 5) is 36.7. The molecule has 2 aromatic carbocycles. The number of hydrogen-bond acceptors (Lipinski definition) is 4. The third-order valence-corrected chi connectivity index (χ3v) is 7.65. The van der Waals surface area contributed by atoms with Crippen molar-refractivity contribution in [2.45, 2.75) is 56.5 Å². The summed E-state index contributed by atoms with van der Waals surface area (Å²) in [6, 6.07) is 15.4. The van der Waals surface area contributed by atoms with Gasteiger partial charge in [0.05, 0.1) is 0 Å². The number of rotatable bonds is 7. The number of aliphatic carboxylic acids is 1. The monoisotopic (exact) mass is 462 g/mol. The van der Waals surface area contributed by atoms with Crippen molar-refractivity contribution in [1.82, 2.24) is 10.6 Å². The quantitative estimate of drug-likeness (QED) is 0.576. The molecule has 0 radical (unpaired) electrons. The number of carboxylic acid groups (broad SMARTS) is 1. The fraction of sp³-hybridized carbons (Fsp3) is 0.444. The van der Waals surface area contributed by atoms with Gasteiger partial charge in [-0.1, -0.05) is 55.0 Å². The number of carbonyl (C=O) groups is 3. The van der Waals surface area contributed by atoms with Crippen molar-refractivity contribution in [1.29, 1.82) is 0 Å². The third kappa shape index (κ3) is 4.39. The summed E-state index contributed by atoms with van der Waals surface area (Å²) in [5.41, 5.74) is 4.68. The van der Waals surface area contributed by atoms with Gasteiger partial charge in [-0.2, -0.15) is 0 Å². The highest BCUT2D eigenvalue weighted by Gasteiger charge is 2.37. The number of carboxylic acids is 1. The van der Waals surface area contributed by atoms with E-state index in [4.69, 9.17) is 4.74 Å². The number of alkyl carbamates (subject to hydrolysis) is 1. The number of carbonyl (C=O) groups excluding carboxylic acids is 2. The molecule has 5 rings (SSSR count). The highest BCUT2D eigenvalue weighted by molar-refractivity contribution is 5.85. The molecule has 3 N–H and O–H groups in total. The number of hydrogen-bond donors (Lipinski definition) is 3. The molecule has 178 valence electrons. The molecule has 34 heavy (non-hydrogen) atoms. The Hall–Kier alpha value is -3.35. The molecule has 2 amide bonds. The van der Waals surface area contributed by atoms with E-state index in [2.05, 4.69) is 34.9 Å². The standard InChI is InChI=1S/C27H30N2O5/c30-25(29-24(26(31)32)16-6-5-7-16)17-12-13-18(14-17)28-27(33)34-15-23-21-10-3-1-8-19(21)20-9-2-4-11-22(20)23/h1-4,8-11,16-18,23-24H,5-7,12-15H2,(H,28,33)(H,29,30)(H,31,32)/t17-,18+,24?/m1/s1. The molecule has 0 bridgehead atoms. The van der Waals surface area contributed by atoms with Gasteiger partial charge in [-0.15, -0.1) is 0 Å². The molecular formula is C27H30N2O5. The zero-order valence-corrected chi connectivity index (χ0v) is 19.0. The lowest BCUT2D eigenvalue weighted by Crippen LogP contribution is -2.49. The predicted molar refractivity (Wildman–Crippen MR) is 126 cm³/mol. The Labute approximate surface area is 198 Å². The maximum Gasteiger partial charge on any atom is 0.407 e. The molecule has 3 aliphatic carbocycles. The van der Waals surface area contributed by atoms with Crippen LogP contribution in [0.2, 0.25) is 0 Å². The summed E-state index contributed by atoms with van der Waals surface area (Å²) in [5.74, 6) is -1.46. The number of amides is 2. The molecule has 0 aromatic heterocycles.